The number of nitrogens with one attached hydrogen (secondary N) is 2. The van der Waals surface area contributed by atoms with Gasteiger partial charge in [0.05, 0.1) is 6.54 Å². The fraction of sp³-hybridized carbons (Fsp3) is 0.533. The summed E-state index contributed by atoms with van der Waals surface area (Å²) >= 11 is 0. The highest BCUT2D eigenvalue weighted by Crippen LogP contribution is 2.17. The maximum atomic E-state index is 13.0. The van der Waals surface area contributed by atoms with Gasteiger partial charge < -0.3 is 10.6 Å². The van der Waals surface area contributed by atoms with Crippen LogP contribution in [0.5, 0.6) is 0 Å². The number of benzene rings is 1. The zero-order valence-corrected chi connectivity index (χ0v) is 11.1. The molecule has 2 N–H and O–H groups in total. The maximum Gasteiger partial charge on any atom is 0.234 e. The Kier molecular flexibility index (Phi) is 5.33. The lowest BCUT2D eigenvalue weighted by Crippen LogP contribution is -2.41. The van der Waals surface area contributed by atoms with E-state index in [1.54, 1.807) is 6.07 Å². The molecule has 0 spiro atoms. The average Bonchev–Trinajstić information content (AvgIpc) is 2.40. The molecule has 0 heterocycles. The second-order valence-corrected chi connectivity index (χ2v) is 5.14. The van der Waals surface area contributed by atoms with Crippen molar-refractivity contribution in [2.24, 2.45) is 0 Å². The third-order valence-electron chi connectivity index (χ3n) is 3.47. The molecule has 0 aromatic heterocycles. The van der Waals surface area contributed by atoms with E-state index in [9.17, 15) is 9.18 Å². The molecule has 1 aliphatic carbocycles. The van der Waals surface area contributed by atoms with Crippen molar-refractivity contribution in [1.82, 2.24) is 10.6 Å². The topological polar surface area (TPSA) is 41.1 Å². The van der Waals surface area contributed by atoms with Crippen LogP contribution in [0.4, 0.5) is 4.39 Å². The average molecular weight is 264 g/mol. The molecule has 0 aliphatic heterocycles. The Morgan fingerprint density at radius 2 is 2.05 bits per heavy atom. The van der Waals surface area contributed by atoms with Crippen LogP contribution in [0.1, 0.15) is 37.7 Å². The van der Waals surface area contributed by atoms with Gasteiger partial charge in [0, 0.05) is 12.6 Å². The second kappa shape index (κ2) is 7.24. The lowest BCUT2D eigenvalue weighted by molar-refractivity contribution is -0.121. The van der Waals surface area contributed by atoms with Crippen LogP contribution < -0.4 is 10.6 Å². The molecular formula is C15H21FN2O. The van der Waals surface area contributed by atoms with Crippen LogP contribution in [0, 0.1) is 5.82 Å². The summed E-state index contributed by atoms with van der Waals surface area (Å²) in [6.45, 7) is 0.795. The molecule has 2 rings (SSSR count). The van der Waals surface area contributed by atoms with Crippen LogP contribution in [-0.2, 0) is 11.3 Å². The van der Waals surface area contributed by atoms with E-state index >= 15 is 0 Å². The molecule has 0 bridgehead atoms. The van der Waals surface area contributed by atoms with Crippen molar-refractivity contribution in [2.75, 3.05) is 6.54 Å². The molecule has 1 amide bonds. The molecule has 1 aromatic carbocycles. The van der Waals surface area contributed by atoms with Crippen LogP contribution in [0.25, 0.3) is 0 Å². The van der Waals surface area contributed by atoms with Gasteiger partial charge >= 0.3 is 0 Å². The number of carbonyl (C=O) groups is 1. The number of halogens is 1. The number of amides is 1. The predicted molar refractivity (Wildman–Crippen MR) is 73.1 cm³/mol. The van der Waals surface area contributed by atoms with E-state index in [4.69, 9.17) is 0 Å². The SMILES string of the molecule is O=C(CNCc1cccc(F)c1)NC1CCCCC1. The van der Waals surface area contributed by atoms with E-state index in [1.165, 1.54) is 31.4 Å². The van der Waals surface area contributed by atoms with Gasteiger partial charge in [-0.25, -0.2) is 4.39 Å². The highest BCUT2D eigenvalue weighted by Gasteiger charge is 2.15. The van der Waals surface area contributed by atoms with Crippen LogP contribution in [0.3, 0.4) is 0 Å². The van der Waals surface area contributed by atoms with Crippen molar-refractivity contribution >= 4 is 5.91 Å². The summed E-state index contributed by atoms with van der Waals surface area (Å²) < 4.78 is 13.0. The van der Waals surface area contributed by atoms with Gasteiger partial charge in [-0.2, -0.15) is 0 Å². The normalized spacial score (nSPS) is 16.3. The van der Waals surface area contributed by atoms with Gasteiger partial charge in [-0.05, 0) is 30.5 Å². The monoisotopic (exact) mass is 264 g/mol. The maximum absolute atomic E-state index is 13.0. The molecule has 3 nitrogen and oxygen atoms in total. The Labute approximate surface area is 113 Å². The van der Waals surface area contributed by atoms with Crippen molar-refractivity contribution in [1.29, 1.82) is 0 Å². The lowest BCUT2D eigenvalue weighted by atomic mass is 9.95. The van der Waals surface area contributed by atoms with E-state index in [1.807, 2.05) is 6.07 Å². The highest BCUT2D eigenvalue weighted by molar-refractivity contribution is 5.78. The molecule has 0 atom stereocenters. The Hall–Kier alpha value is -1.42. The van der Waals surface area contributed by atoms with Gasteiger partial charge in [0.25, 0.3) is 0 Å². The first kappa shape index (κ1) is 14.0. The van der Waals surface area contributed by atoms with Crippen LogP contribution >= 0.6 is 0 Å². The number of hydrogen-bond donors (Lipinski definition) is 2. The largest absolute Gasteiger partial charge is 0.352 e. The zero-order chi connectivity index (χ0) is 13.5. The Bertz CT molecular complexity index is 416. The van der Waals surface area contributed by atoms with Gasteiger partial charge in [-0.3, -0.25) is 4.79 Å². The smallest absolute Gasteiger partial charge is 0.234 e. The third-order valence-corrected chi connectivity index (χ3v) is 3.47. The number of rotatable bonds is 5. The standard InChI is InChI=1S/C15H21FN2O/c16-13-6-4-5-12(9-13)10-17-11-15(19)18-14-7-2-1-3-8-14/h4-6,9,14,17H,1-3,7-8,10-11H2,(H,18,19). The van der Waals surface area contributed by atoms with Crippen LogP contribution in [0.15, 0.2) is 24.3 Å². The van der Waals surface area contributed by atoms with Crippen molar-refractivity contribution in [3.8, 4) is 0 Å². The van der Waals surface area contributed by atoms with E-state index in [0.717, 1.165) is 18.4 Å². The minimum Gasteiger partial charge on any atom is -0.352 e. The van der Waals surface area contributed by atoms with E-state index in [2.05, 4.69) is 10.6 Å². The lowest BCUT2D eigenvalue weighted by Gasteiger charge is -2.22. The summed E-state index contributed by atoms with van der Waals surface area (Å²) in [4.78, 5) is 11.7. The Morgan fingerprint density at radius 1 is 1.26 bits per heavy atom. The van der Waals surface area contributed by atoms with Crippen molar-refractivity contribution < 1.29 is 9.18 Å². The molecule has 1 aliphatic rings. The summed E-state index contributed by atoms with van der Waals surface area (Å²) in [5.41, 5.74) is 0.852. The highest BCUT2D eigenvalue weighted by atomic mass is 19.1. The van der Waals surface area contributed by atoms with E-state index in [-0.39, 0.29) is 18.3 Å². The first-order valence-electron chi connectivity index (χ1n) is 6.98. The van der Waals surface area contributed by atoms with Gasteiger partial charge in [-0.15, -0.1) is 0 Å². The summed E-state index contributed by atoms with van der Waals surface area (Å²) in [5.74, 6) is -0.214. The minimum absolute atomic E-state index is 0.0308. The predicted octanol–water partition coefficient (Wildman–Crippen LogP) is 2.36. The summed E-state index contributed by atoms with van der Waals surface area (Å²) in [6, 6.07) is 6.76. The molecule has 1 aromatic rings. The fourth-order valence-corrected chi connectivity index (χ4v) is 2.49. The summed E-state index contributed by atoms with van der Waals surface area (Å²) in [6.07, 6.45) is 5.89. The number of carbonyl (C=O) groups excluding carboxylic acids is 1. The van der Waals surface area contributed by atoms with E-state index in [0.29, 0.717) is 12.6 Å². The summed E-state index contributed by atoms with van der Waals surface area (Å²) in [5, 5.41) is 6.08. The zero-order valence-electron chi connectivity index (χ0n) is 11.1. The molecule has 19 heavy (non-hydrogen) atoms. The van der Waals surface area contributed by atoms with Crippen molar-refractivity contribution in [3.05, 3.63) is 35.6 Å². The minimum atomic E-state index is -0.244. The Balaban J connectivity index is 1.66. The van der Waals surface area contributed by atoms with Gasteiger partial charge in [0.15, 0.2) is 0 Å². The number of hydrogen-bond acceptors (Lipinski definition) is 2. The fourth-order valence-electron chi connectivity index (χ4n) is 2.49. The van der Waals surface area contributed by atoms with Crippen LogP contribution in [0.2, 0.25) is 0 Å². The molecule has 0 radical (unpaired) electrons. The molecule has 1 saturated carbocycles. The van der Waals surface area contributed by atoms with Crippen molar-refractivity contribution in [3.63, 3.8) is 0 Å². The Morgan fingerprint density at radius 3 is 2.79 bits per heavy atom. The third kappa shape index (κ3) is 4.99. The summed E-state index contributed by atoms with van der Waals surface area (Å²) in [7, 11) is 0. The molecule has 104 valence electrons. The van der Waals surface area contributed by atoms with Crippen LogP contribution in [-0.4, -0.2) is 18.5 Å². The second-order valence-electron chi connectivity index (χ2n) is 5.14. The van der Waals surface area contributed by atoms with Crippen molar-refractivity contribution in [2.45, 2.75) is 44.7 Å². The molecule has 4 heteroatoms. The molecule has 0 unspecified atom stereocenters. The molecule has 0 saturated heterocycles. The quantitative estimate of drug-likeness (QED) is 0.857. The van der Waals surface area contributed by atoms with Gasteiger partial charge in [0.1, 0.15) is 5.82 Å². The van der Waals surface area contributed by atoms with Gasteiger partial charge in [-0.1, -0.05) is 31.4 Å². The molecular weight excluding hydrogens is 243 g/mol. The van der Waals surface area contributed by atoms with Gasteiger partial charge in [0.2, 0.25) is 5.91 Å². The van der Waals surface area contributed by atoms with E-state index < -0.39 is 0 Å². The first-order chi connectivity index (χ1) is 9.24. The first-order valence-corrected chi connectivity index (χ1v) is 6.98. The molecule has 1 fully saturated rings.